The molecule has 6 heteroatoms. The lowest BCUT2D eigenvalue weighted by Gasteiger charge is -2.15. The average Bonchev–Trinajstić information content (AvgIpc) is 3.09. The maximum atomic E-state index is 12.9. The van der Waals surface area contributed by atoms with Crippen LogP contribution in [-0.2, 0) is 4.79 Å². The maximum absolute atomic E-state index is 12.9. The molecule has 31 heavy (non-hydrogen) atoms. The summed E-state index contributed by atoms with van der Waals surface area (Å²) in [4.78, 5) is 25.7. The van der Waals surface area contributed by atoms with Gasteiger partial charge in [-0.2, -0.15) is 0 Å². The molecule has 0 aliphatic carbocycles. The predicted molar refractivity (Wildman–Crippen MR) is 118 cm³/mol. The van der Waals surface area contributed by atoms with Gasteiger partial charge in [0.1, 0.15) is 5.75 Å². The number of methoxy groups -OCH3 is 1. The molecular formula is C25H24N3O3+. The van der Waals surface area contributed by atoms with E-state index in [0.29, 0.717) is 11.3 Å². The van der Waals surface area contributed by atoms with Crippen LogP contribution in [0.25, 0.3) is 0 Å². The fraction of sp³-hybridized carbons (Fsp3) is 0.160. The summed E-state index contributed by atoms with van der Waals surface area (Å²) in [6, 6.07) is 23.2. The summed E-state index contributed by atoms with van der Waals surface area (Å²) in [5.74, 6) is 0.120. The van der Waals surface area contributed by atoms with E-state index in [2.05, 4.69) is 10.7 Å². The molecule has 2 amide bonds. The SMILES string of the molecule is COc1ccccc1/C=[N+]1\NC(=O)[C@H](NC(=O)c2ccccc2)[C@H]1c1ccc(C)cc1. The van der Waals surface area contributed by atoms with Crippen molar-refractivity contribution in [3.63, 3.8) is 0 Å². The van der Waals surface area contributed by atoms with E-state index in [1.807, 2.05) is 67.7 Å². The Morgan fingerprint density at radius 3 is 2.39 bits per heavy atom. The van der Waals surface area contributed by atoms with Crippen LogP contribution in [0.2, 0.25) is 0 Å². The Balaban J connectivity index is 1.73. The van der Waals surface area contributed by atoms with Crippen LogP contribution in [0.3, 0.4) is 0 Å². The van der Waals surface area contributed by atoms with Gasteiger partial charge in [-0.05, 0) is 31.2 Å². The van der Waals surface area contributed by atoms with E-state index in [0.717, 1.165) is 16.7 Å². The monoisotopic (exact) mass is 414 g/mol. The fourth-order valence-corrected chi connectivity index (χ4v) is 3.68. The first-order valence-electron chi connectivity index (χ1n) is 10.1. The first kappa shape index (κ1) is 20.3. The number of aryl methyl sites for hydroxylation is 1. The van der Waals surface area contributed by atoms with Gasteiger partial charge in [-0.25, -0.2) is 0 Å². The number of carbonyl (C=O) groups is 2. The second-order valence-electron chi connectivity index (χ2n) is 7.43. The molecule has 0 saturated carbocycles. The number of hydrogen-bond acceptors (Lipinski definition) is 3. The minimum absolute atomic E-state index is 0.277. The molecule has 6 nitrogen and oxygen atoms in total. The van der Waals surface area contributed by atoms with Gasteiger partial charge in [-0.1, -0.05) is 60.2 Å². The van der Waals surface area contributed by atoms with Crippen molar-refractivity contribution in [3.05, 3.63) is 101 Å². The van der Waals surface area contributed by atoms with Crippen molar-refractivity contribution >= 4 is 18.0 Å². The van der Waals surface area contributed by atoms with Gasteiger partial charge in [0.25, 0.3) is 5.91 Å². The Hall–Kier alpha value is -3.93. The molecule has 1 saturated heterocycles. The standard InChI is InChI=1S/C25H23N3O3/c1-17-12-14-18(15-13-17)23-22(26-24(29)19-8-4-3-5-9-19)25(30)27-28(23)16-20-10-6-7-11-21(20)31-2/h3-16,22-23H,1-2H3,(H-,26,27,29,30)/p+1/b28-16-/t22-,23-/m1/s1. The minimum Gasteiger partial charge on any atom is -0.496 e. The second-order valence-corrected chi connectivity index (χ2v) is 7.43. The van der Waals surface area contributed by atoms with E-state index in [4.69, 9.17) is 4.74 Å². The van der Waals surface area contributed by atoms with E-state index in [-0.39, 0.29) is 11.8 Å². The highest BCUT2D eigenvalue weighted by atomic mass is 16.5. The quantitative estimate of drug-likeness (QED) is 0.631. The van der Waals surface area contributed by atoms with Crippen molar-refractivity contribution < 1.29 is 19.0 Å². The van der Waals surface area contributed by atoms with Crippen LogP contribution in [0.1, 0.15) is 33.1 Å². The number of nitrogens with zero attached hydrogens (tertiary/aromatic N) is 1. The average molecular weight is 414 g/mol. The number of benzene rings is 3. The van der Waals surface area contributed by atoms with Crippen molar-refractivity contribution in [2.24, 2.45) is 0 Å². The summed E-state index contributed by atoms with van der Waals surface area (Å²) < 4.78 is 7.18. The van der Waals surface area contributed by atoms with Crippen LogP contribution in [0.15, 0.2) is 78.9 Å². The summed E-state index contributed by atoms with van der Waals surface area (Å²) in [5, 5.41) is 2.91. The molecule has 1 fully saturated rings. The smallest absolute Gasteiger partial charge is 0.304 e. The van der Waals surface area contributed by atoms with Gasteiger partial charge in [-0.3, -0.25) is 9.59 Å². The lowest BCUT2D eigenvalue weighted by molar-refractivity contribution is -0.596. The Morgan fingerprint density at radius 1 is 1.00 bits per heavy atom. The van der Waals surface area contributed by atoms with E-state index < -0.39 is 12.1 Å². The van der Waals surface area contributed by atoms with Gasteiger partial charge in [0.2, 0.25) is 12.3 Å². The van der Waals surface area contributed by atoms with E-state index in [1.165, 1.54) is 0 Å². The van der Waals surface area contributed by atoms with Crippen LogP contribution in [0.5, 0.6) is 5.75 Å². The van der Waals surface area contributed by atoms with E-state index in [1.54, 1.807) is 36.1 Å². The number of rotatable bonds is 5. The lowest BCUT2D eigenvalue weighted by Crippen LogP contribution is -2.42. The molecule has 0 aromatic heterocycles. The van der Waals surface area contributed by atoms with Crippen molar-refractivity contribution in [1.82, 2.24) is 10.7 Å². The first-order valence-corrected chi connectivity index (χ1v) is 10.1. The zero-order valence-electron chi connectivity index (χ0n) is 17.4. The Morgan fingerprint density at radius 2 is 1.68 bits per heavy atom. The first-order chi connectivity index (χ1) is 15.1. The van der Waals surface area contributed by atoms with E-state index >= 15 is 0 Å². The van der Waals surface area contributed by atoms with Crippen molar-refractivity contribution in [3.8, 4) is 5.75 Å². The highest BCUT2D eigenvalue weighted by Gasteiger charge is 2.47. The number of amides is 2. The zero-order valence-corrected chi connectivity index (χ0v) is 17.4. The molecule has 0 spiro atoms. The number of hydrazone groups is 1. The maximum Gasteiger partial charge on any atom is 0.304 e. The molecule has 1 aliphatic rings. The molecule has 1 aliphatic heterocycles. The van der Waals surface area contributed by atoms with Crippen LogP contribution >= 0.6 is 0 Å². The van der Waals surface area contributed by atoms with Crippen molar-refractivity contribution in [1.29, 1.82) is 0 Å². The number of para-hydroxylation sites is 1. The molecule has 1 heterocycles. The summed E-state index contributed by atoms with van der Waals surface area (Å²) in [6.07, 6.45) is 1.83. The van der Waals surface area contributed by atoms with E-state index in [9.17, 15) is 9.59 Å². The number of carbonyl (C=O) groups excluding carboxylic acids is 2. The highest BCUT2D eigenvalue weighted by Crippen LogP contribution is 2.26. The van der Waals surface area contributed by atoms with Gasteiger partial charge >= 0.3 is 5.91 Å². The van der Waals surface area contributed by atoms with Crippen LogP contribution < -0.4 is 15.5 Å². The number of ether oxygens (including phenoxy) is 1. The summed E-state index contributed by atoms with van der Waals surface area (Å²) >= 11 is 0. The molecule has 3 aromatic rings. The van der Waals surface area contributed by atoms with Crippen LogP contribution in [-0.4, -0.2) is 35.9 Å². The normalized spacial score (nSPS) is 19.2. The third-order valence-corrected chi connectivity index (χ3v) is 5.30. The van der Waals surface area contributed by atoms with Crippen molar-refractivity contribution in [2.75, 3.05) is 7.11 Å². The second kappa shape index (κ2) is 8.83. The minimum atomic E-state index is -0.763. The van der Waals surface area contributed by atoms with Gasteiger partial charge < -0.3 is 10.1 Å². The largest absolute Gasteiger partial charge is 0.496 e. The van der Waals surface area contributed by atoms with Crippen LogP contribution in [0.4, 0.5) is 0 Å². The van der Waals surface area contributed by atoms with Gasteiger partial charge in [0, 0.05) is 11.1 Å². The zero-order chi connectivity index (χ0) is 21.8. The molecule has 156 valence electrons. The summed E-state index contributed by atoms with van der Waals surface area (Å²) in [6.45, 7) is 2.01. The van der Waals surface area contributed by atoms with Crippen molar-refractivity contribution in [2.45, 2.75) is 19.0 Å². The Bertz CT molecular complexity index is 1120. The molecule has 3 aromatic carbocycles. The number of nitrogens with one attached hydrogen (secondary N) is 2. The highest BCUT2D eigenvalue weighted by molar-refractivity contribution is 5.98. The molecular weight excluding hydrogens is 390 g/mol. The van der Waals surface area contributed by atoms with Crippen LogP contribution in [0, 0.1) is 6.92 Å². The molecule has 0 unspecified atom stereocenters. The molecule has 4 rings (SSSR count). The molecule has 2 atom stereocenters. The molecule has 0 radical (unpaired) electrons. The topological polar surface area (TPSA) is 70.4 Å². The third kappa shape index (κ3) is 4.33. The fourth-order valence-electron chi connectivity index (χ4n) is 3.68. The Kier molecular flexibility index (Phi) is 5.80. The Labute approximate surface area is 181 Å². The predicted octanol–water partition coefficient (Wildman–Crippen LogP) is 3.02. The molecule has 0 bridgehead atoms. The lowest BCUT2D eigenvalue weighted by atomic mass is 9.98. The van der Waals surface area contributed by atoms with Gasteiger partial charge in [0.05, 0.1) is 12.7 Å². The third-order valence-electron chi connectivity index (χ3n) is 5.30. The summed E-state index contributed by atoms with van der Waals surface area (Å²) in [7, 11) is 1.61. The summed E-state index contributed by atoms with van der Waals surface area (Å²) in [5.41, 5.74) is 6.24. The van der Waals surface area contributed by atoms with Gasteiger partial charge in [0.15, 0.2) is 6.04 Å². The number of hydrazine groups is 1. The van der Waals surface area contributed by atoms with Gasteiger partial charge in [-0.15, -0.1) is 10.1 Å². The number of hydrogen-bond donors (Lipinski definition) is 2. The molecule has 2 N–H and O–H groups in total.